The molecule has 2 nitrogen and oxygen atoms in total. The van der Waals surface area contributed by atoms with E-state index in [9.17, 15) is 5.11 Å². The molecule has 0 bridgehead atoms. The Morgan fingerprint density at radius 1 is 0.771 bits per heavy atom. The van der Waals surface area contributed by atoms with Gasteiger partial charge in [0, 0.05) is 11.8 Å². The van der Waals surface area contributed by atoms with Crippen molar-refractivity contribution in [2.75, 3.05) is 0 Å². The molecule has 0 aliphatic rings. The third kappa shape index (κ3) is 7.69. The van der Waals surface area contributed by atoms with Crippen molar-refractivity contribution in [3.05, 3.63) is 114 Å². The number of phenols is 1. The molecule has 1 N–H and O–H groups in total. The third-order valence-corrected chi connectivity index (χ3v) is 8.35. The van der Waals surface area contributed by atoms with Gasteiger partial charge in [0.1, 0.15) is 27.4 Å². The number of halogens is 2. The molecule has 0 atom stereocenters. The first kappa shape index (κ1) is 27.5. The maximum atomic E-state index is 10.4. The quantitative estimate of drug-likeness (QED) is 0.201. The zero-order valence-electron chi connectivity index (χ0n) is 20.0. The molecule has 0 spiro atoms. The Labute approximate surface area is 224 Å². The first-order chi connectivity index (χ1) is 16.8. The van der Waals surface area contributed by atoms with E-state index in [0.29, 0.717) is 5.69 Å². The standard InChI is InChI=1S/C29H28NOP.2ClH.Cr/c1-29(2,3)23-18-19-27(31)26(20-23)30-21-22-12-10-11-17-28(22)32(24-13-6-4-7-14-24)25-15-8-5-9-16-25;;;/h4-21,31H,1-3H3;2*1H;/q;;;+2/p-1. The van der Waals surface area contributed by atoms with Crippen LogP contribution in [0.25, 0.3) is 0 Å². The molecule has 6 heteroatoms. The number of hydrogen-bond acceptors (Lipinski definition) is 2. The van der Waals surface area contributed by atoms with Crippen LogP contribution < -0.4 is 15.9 Å². The van der Waals surface area contributed by atoms with Crippen LogP contribution in [0.2, 0.25) is 0 Å². The van der Waals surface area contributed by atoms with E-state index in [2.05, 4.69) is 99.6 Å². The van der Waals surface area contributed by atoms with E-state index < -0.39 is 7.92 Å². The fraction of sp³-hybridized carbons (Fsp3) is 0.138. The summed E-state index contributed by atoms with van der Waals surface area (Å²) in [7, 11) is 8.45. The van der Waals surface area contributed by atoms with Crippen LogP contribution in [0, 0.1) is 0 Å². The second-order valence-electron chi connectivity index (χ2n) is 8.96. The van der Waals surface area contributed by atoms with Crippen molar-refractivity contribution in [1.82, 2.24) is 0 Å². The summed E-state index contributed by atoms with van der Waals surface area (Å²) in [6.45, 7) is 6.49. The number of benzene rings is 4. The maximum absolute atomic E-state index is 10.4. The minimum absolute atomic E-state index is 0.00728. The van der Waals surface area contributed by atoms with E-state index >= 15 is 0 Å². The summed E-state index contributed by atoms with van der Waals surface area (Å²) in [5, 5.41) is 14.4. The molecular formula is C29H29Cl2CrNOP+. The van der Waals surface area contributed by atoms with Gasteiger partial charge in [-0.15, -0.1) is 0 Å². The van der Waals surface area contributed by atoms with Gasteiger partial charge in [0.05, 0.1) is 7.92 Å². The second kappa shape index (κ2) is 13.3. The summed E-state index contributed by atoms with van der Waals surface area (Å²) in [6.07, 6.45) is 1.90. The van der Waals surface area contributed by atoms with Crippen LogP contribution in [0.3, 0.4) is 0 Å². The molecule has 4 rings (SSSR count). The number of phenolic OH excluding ortho intramolecular Hbond substituents is 1. The molecule has 4 aromatic rings. The average Bonchev–Trinajstić information content (AvgIpc) is 2.85. The van der Waals surface area contributed by atoms with Gasteiger partial charge in [-0.2, -0.15) is 0 Å². The van der Waals surface area contributed by atoms with Crippen molar-refractivity contribution in [3.63, 3.8) is 0 Å². The van der Waals surface area contributed by atoms with Crippen LogP contribution >= 0.6 is 28.0 Å². The van der Waals surface area contributed by atoms with Crippen molar-refractivity contribution in [2.24, 2.45) is 4.99 Å². The van der Waals surface area contributed by atoms with Gasteiger partial charge >= 0.3 is 33.5 Å². The monoisotopic (exact) mass is 560 g/mol. The second-order valence-corrected chi connectivity index (χ2v) is 13.5. The van der Waals surface area contributed by atoms with Gasteiger partial charge in [0.25, 0.3) is 0 Å². The van der Waals surface area contributed by atoms with Crippen molar-refractivity contribution in [3.8, 4) is 5.75 Å². The molecule has 0 radical (unpaired) electrons. The zero-order chi connectivity index (χ0) is 25.3. The minimum atomic E-state index is -1.21. The summed E-state index contributed by atoms with van der Waals surface area (Å²) in [4.78, 5) is 4.72. The Hall–Kier alpha value is -2.11. The fourth-order valence-corrected chi connectivity index (χ4v) is 6.46. The van der Waals surface area contributed by atoms with E-state index in [4.69, 9.17) is 25.1 Å². The Bertz CT molecular complexity index is 1210. The molecule has 4 aromatic carbocycles. The number of rotatable bonds is 5. The van der Waals surface area contributed by atoms with Gasteiger partial charge in [-0.05, 0) is 59.5 Å². The normalized spacial score (nSPS) is 11.4. The SMILES string of the molecule is CC(C)(C)c1ccc(O)c(N=Cc2ccccc2[PH+](c2ccccc2)c2ccccc2)c1.[Cl][Cr][Cl]. The van der Waals surface area contributed by atoms with Gasteiger partial charge < -0.3 is 5.11 Å². The van der Waals surface area contributed by atoms with Crippen LogP contribution in [0.5, 0.6) is 5.75 Å². The number of aliphatic imine (C=N–C) groups is 1. The molecule has 180 valence electrons. The van der Waals surface area contributed by atoms with Gasteiger partial charge in [-0.1, -0.05) is 75.4 Å². The van der Waals surface area contributed by atoms with E-state index in [1.165, 1.54) is 15.9 Å². The van der Waals surface area contributed by atoms with Crippen LogP contribution in [-0.4, -0.2) is 11.3 Å². The fourth-order valence-electron chi connectivity index (χ4n) is 3.76. The summed E-state index contributed by atoms with van der Waals surface area (Å²) >= 11 is -0.181. The molecule has 0 aliphatic carbocycles. The van der Waals surface area contributed by atoms with Crippen LogP contribution in [-0.2, 0) is 18.8 Å². The Balaban J connectivity index is 0.00000108. The molecule has 0 amide bonds. The Kier molecular flexibility index (Phi) is 10.4. The first-order valence-corrected chi connectivity index (χ1v) is 16.2. The average molecular weight is 561 g/mol. The third-order valence-electron chi connectivity index (χ3n) is 5.54. The Morgan fingerprint density at radius 2 is 1.29 bits per heavy atom. The summed E-state index contributed by atoms with van der Waals surface area (Å²) in [5.74, 6) is 0.198. The van der Waals surface area contributed by atoms with Crippen molar-refractivity contribution < 1.29 is 18.5 Å². The van der Waals surface area contributed by atoms with Crippen molar-refractivity contribution in [1.29, 1.82) is 0 Å². The van der Waals surface area contributed by atoms with Crippen LogP contribution in [0.15, 0.2) is 108 Å². The predicted octanol–water partition coefficient (Wildman–Crippen LogP) is 7.31. The van der Waals surface area contributed by atoms with Crippen LogP contribution in [0.4, 0.5) is 5.69 Å². The van der Waals surface area contributed by atoms with Gasteiger partial charge in [0.15, 0.2) is 0 Å². The van der Waals surface area contributed by atoms with Crippen molar-refractivity contribution >= 4 is 55.8 Å². The van der Waals surface area contributed by atoms with Gasteiger partial charge in [-0.25, -0.2) is 0 Å². The van der Waals surface area contributed by atoms with E-state index in [-0.39, 0.29) is 24.5 Å². The predicted molar refractivity (Wildman–Crippen MR) is 152 cm³/mol. The molecular weight excluding hydrogens is 532 g/mol. The number of nitrogens with zero attached hydrogens (tertiary/aromatic N) is 1. The molecule has 0 saturated heterocycles. The molecule has 0 saturated carbocycles. The van der Waals surface area contributed by atoms with Gasteiger partial charge in [-0.3, -0.25) is 4.99 Å². The van der Waals surface area contributed by atoms with Crippen LogP contribution in [0.1, 0.15) is 31.9 Å². The van der Waals surface area contributed by atoms with Gasteiger partial charge in [0.2, 0.25) is 0 Å². The first-order valence-electron chi connectivity index (χ1n) is 11.2. The summed E-state index contributed by atoms with van der Waals surface area (Å²) in [6, 6.07) is 35.6. The van der Waals surface area contributed by atoms with E-state index in [1.807, 2.05) is 24.4 Å². The molecule has 0 heterocycles. The van der Waals surface area contributed by atoms with Crippen molar-refractivity contribution in [2.45, 2.75) is 26.2 Å². The molecule has 0 unspecified atom stereocenters. The summed E-state index contributed by atoms with van der Waals surface area (Å²) < 4.78 is 0. The molecule has 35 heavy (non-hydrogen) atoms. The topological polar surface area (TPSA) is 32.6 Å². The number of aromatic hydroxyl groups is 1. The van der Waals surface area contributed by atoms with E-state index in [0.717, 1.165) is 11.1 Å². The number of hydrogen-bond donors (Lipinski definition) is 1. The molecule has 0 fully saturated rings. The zero-order valence-corrected chi connectivity index (χ0v) is 23.7. The molecule has 0 aromatic heterocycles. The Morgan fingerprint density at radius 3 is 1.83 bits per heavy atom. The summed E-state index contributed by atoms with van der Waals surface area (Å²) in [5.41, 5.74) is 2.82. The van der Waals surface area contributed by atoms with E-state index in [1.54, 1.807) is 6.07 Å². The molecule has 0 aliphatic heterocycles.